The predicted molar refractivity (Wildman–Crippen MR) is 78.0 cm³/mol. The number of nitrogens with two attached hydrogens (primary N) is 1. The van der Waals surface area contributed by atoms with E-state index in [9.17, 15) is 14.4 Å². The van der Waals surface area contributed by atoms with Crippen molar-refractivity contribution in [3.8, 4) is 0 Å². The van der Waals surface area contributed by atoms with Gasteiger partial charge in [-0.15, -0.1) is 0 Å². The van der Waals surface area contributed by atoms with E-state index in [0.29, 0.717) is 12.1 Å². The highest BCUT2D eigenvalue weighted by Gasteiger charge is 2.25. The molecule has 0 bridgehead atoms. The molecule has 7 nitrogen and oxygen atoms in total. The van der Waals surface area contributed by atoms with Gasteiger partial charge in [0.1, 0.15) is 6.04 Å². The third-order valence-corrected chi connectivity index (χ3v) is 3.16. The summed E-state index contributed by atoms with van der Waals surface area (Å²) in [6.45, 7) is 3.61. The van der Waals surface area contributed by atoms with Gasteiger partial charge in [0, 0.05) is 11.3 Å². The molecule has 21 heavy (non-hydrogen) atoms. The molecule has 0 aliphatic heterocycles. The van der Waals surface area contributed by atoms with Crippen LogP contribution in [0.15, 0.2) is 24.3 Å². The van der Waals surface area contributed by atoms with Gasteiger partial charge in [-0.3, -0.25) is 4.79 Å². The first-order valence-corrected chi connectivity index (χ1v) is 6.55. The zero-order valence-electron chi connectivity index (χ0n) is 11.9. The van der Waals surface area contributed by atoms with Gasteiger partial charge in [-0.25, -0.2) is 9.59 Å². The lowest BCUT2D eigenvalue weighted by Gasteiger charge is -2.20. The van der Waals surface area contributed by atoms with Crippen molar-refractivity contribution in [2.75, 3.05) is 5.32 Å². The van der Waals surface area contributed by atoms with Crippen molar-refractivity contribution >= 4 is 23.6 Å². The number of urea groups is 1. The summed E-state index contributed by atoms with van der Waals surface area (Å²) < 4.78 is 0. The fourth-order valence-electron chi connectivity index (χ4n) is 1.79. The number of rotatable bonds is 6. The minimum absolute atomic E-state index is 0.196. The smallest absolute Gasteiger partial charge is 0.326 e. The fraction of sp³-hybridized carbons (Fsp3) is 0.357. The van der Waals surface area contributed by atoms with Crippen LogP contribution in [-0.2, 0) is 4.79 Å². The second kappa shape index (κ2) is 7.28. The first kappa shape index (κ1) is 16.5. The van der Waals surface area contributed by atoms with Gasteiger partial charge in [0.25, 0.3) is 5.91 Å². The van der Waals surface area contributed by atoms with Gasteiger partial charge in [-0.1, -0.05) is 26.3 Å². The molecule has 114 valence electrons. The second-order valence-electron chi connectivity index (χ2n) is 4.74. The van der Waals surface area contributed by atoms with Gasteiger partial charge in [-0.05, 0) is 24.1 Å². The summed E-state index contributed by atoms with van der Waals surface area (Å²) in [4.78, 5) is 34.1. The monoisotopic (exact) mass is 293 g/mol. The van der Waals surface area contributed by atoms with Crippen LogP contribution in [0, 0.1) is 5.92 Å². The minimum Gasteiger partial charge on any atom is -0.480 e. The van der Waals surface area contributed by atoms with E-state index in [1.165, 1.54) is 12.1 Å². The Bertz CT molecular complexity index is 545. The quantitative estimate of drug-likeness (QED) is 0.633. The molecule has 5 N–H and O–H groups in total. The number of benzene rings is 1. The summed E-state index contributed by atoms with van der Waals surface area (Å²) in [5, 5.41) is 14.0. The number of hydrogen-bond acceptors (Lipinski definition) is 3. The average Bonchev–Trinajstić information content (AvgIpc) is 2.42. The van der Waals surface area contributed by atoms with Crippen LogP contribution in [0.25, 0.3) is 0 Å². The van der Waals surface area contributed by atoms with Crippen molar-refractivity contribution in [3.63, 3.8) is 0 Å². The van der Waals surface area contributed by atoms with Crippen molar-refractivity contribution < 1.29 is 19.5 Å². The molecule has 1 aromatic rings. The largest absolute Gasteiger partial charge is 0.480 e. The minimum atomic E-state index is -1.08. The van der Waals surface area contributed by atoms with Crippen molar-refractivity contribution in [1.29, 1.82) is 0 Å². The molecule has 0 heterocycles. The van der Waals surface area contributed by atoms with Crippen LogP contribution in [-0.4, -0.2) is 29.1 Å². The number of anilines is 1. The molecule has 7 heteroatoms. The molecule has 0 radical (unpaired) electrons. The number of nitrogens with one attached hydrogen (secondary N) is 2. The highest BCUT2D eigenvalue weighted by molar-refractivity contribution is 5.98. The Hall–Kier alpha value is -2.57. The van der Waals surface area contributed by atoms with E-state index in [1.54, 1.807) is 19.1 Å². The number of primary amides is 1. The molecule has 2 unspecified atom stereocenters. The third kappa shape index (κ3) is 4.79. The maximum absolute atomic E-state index is 12.1. The van der Waals surface area contributed by atoms with Crippen molar-refractivity contribution in [3.05, 3.63) is 29.8 Å². The fourth-order valence-corrected chi connectivity index (χ4v) is 1.79. The summed E-state index contributed by atoms with van der Waals surface area (Å²) in [7, 11) is 0. The lowest BCUT2D eigenvalue weighted by Crippen LogP contribution is -2.45. The maximum atomic E-state index is 12.1. The standard InChI is InChI=1S/C14H19N3O4/c1-3-8(2)11(13(19)20)17-12(18)9-5-4-6-10(7-9)16-14(15)21/h4-8,11H,3H2,1-2H3,(H,17,18)(H,19,20)(H3,15,16,21). The van der Waals surface area contributed by atoms with E-state index in [-0.39, 0.29) is 11.5 Å². The number of carboxylic acids is 1. The molecule has 1 rings (SSSR count). The van der Waals surface area contributed by atoms with Crippen LogP contribution in [0.4, 0.5) is 10.5 Å². The van der Waals surface area contributed by atoms with Gasteiger partial charge in [0.05, 0.1) is 0 Å². The topological polar surface area (TPSA) is 122 Å². The Kier molecular flexibility index (Phi) is 5.71. The maximum Gasteiger partial charge on any atom is 0.326 e. The number of aliphatic carboxylic acids is 1. The van der Waals surface area contributed by atoms with Crippen molar-refractivity contribution in [2.45, 2.75) is 26.3 Å². The van der Waals surface area contributed by atoms with Crippen LogP contribution < -0.4 is 16.4 Å². The van der Waals surface area contributed by atoms with E-state index >= 15 is 0 Å². The lowest BCUT2D eigenvalue weighted by atomic mass is 9.99. The van der Waals surface area contributed by atoms with Gasteiger partial charge < -0.3 is 21.5 Å². The van der Waals surface area contributed by atoms with E-state index in [4.69, 9.17) is 10.8 Å². The lowest BCUT2D eigenvalue weighted by molar-refractivity contribution is -0.140. The molecule has 0 saturated carbocycles. The summed E-state index contributed by atoms with van der Waals surface area (Å²) in [5.41, 5.74) is 5.61. The molecule has 0 fully saturated rings. The predicted octanol–water partition coefficient (Wildman–Crippen LogP) is 1.41. The second-order valence-corrected chi connectivity index (χ2v) is 4.74. The molecule has 0 saturated heterocycles. The zero-order valence-corrected chi connectivity index (χ0v) is 11.9. The van der Waals surface area contributed by atoms with Gasteiger partial charge >= 0.3 is 12.0 Å². The van der Waals surface area contributed by atoms with Gasteiger partial charge in [-0.2, -0.15) is 0 Å². The van der Waals surface area contributed by atoms with Crippen LogP contribution >= 0.6 is 0 Å². The van der Waals surface area contributed by atoms with Crippen LogP contribution in [0.5, 0.6) is 0 Å². The van der Waals surface area contributed by atoms with Crippen LogP contribution in [0.3, 0.4) is 0 Å². The number of hydrogen-bond donors (Lipinski definition) is 4. The number of carbonyl (C=O) groups is 3. The summed E-state index contributed by atoms with van der Waals surface area (Å²) in [5.74, 6) is -1.79. The molecule has 0 aliphatic carbocycles. The normalized spacial score (nSPS) is 13.0. The van der Waals surface area contributed by atoms with E-state index in [1.807, 2.05) is 6.92 Å². The summed E-state index contributed by atoms with van der Waals surface area (Å²) in [6.07, 6.45) is 0.626. The first-order chi connectivity index (χ1) is 9.85. The number of carbonyl (C=O) groups excluding carboxylic acids is 2. The highest BCUT2D eigenvalue weighted by Crippen LogP contribution is 2.13. The van der Waals surface area contributed by atoms with Crippen LogP contribution in [0.1, 0.15) is 30.6 Å². The van der Waals surface area contributed by atoms with E-state index < -0.39 is 23.9 Å². The Labute approximate surface area is 122 Å². The highest BCUT2D eigenvalue weighted by atomic mass is 16.4. The first-order valence-electron chi connectivity index (χ1n) is 6.55. The molecular weight excluding hydrogens is 274 g/mol. The molecule has 2 atom stereocenters. The Morgan fingerprint density at radius 1 is 1.33 bits per heavy atom. The van der Waals surface area contributed by atoms with Crippen LogP contribution in [0.2, 0.25) is 0 Å². The van der Waals surface area contributed by atoms with E-state index in [2.05, 4.69) is 10.6 Å². The molecule has 0 spiro atoms. The zero-order chi connectivity index (χ0) is 16.0. The number of amides is 3. The SMILES string of the molecule is CCC(C)C(NC(=O)c1cccc(NC(N)=O)c1)C(=O)O. The summed E-state index contributed by atoms with van der Waals surface area (Å²) in [6, 6.07) is 4.39. The summed E-state index contributed by atoms with van der Waals surface area (Å²) >= 11 is 0. The van der Waals surface area contributed by atoms with Crippen molar-refractivity contribution in [2.24, 2.45) is 11.7 Å². The van der Waals surface area contributed by atoms with Gasteiger partial charge in [0.2, 0.25) is 0 Å². The molecule has 0 aromatic heterocycles. The van der Waals surface area contributed by atoms with Crippen molar-refractivity contribution in [1.82, 2.24) is 5.32 Å². The molecule has 1 aromatic carbocycles. The van der Waals surface area contributed by atoms with Gasteiger partial charge in [0.15, 0.2) is 0 Å². The third-order valence-electron chi connectivity index (χ3n) is 3.16. The molecule has 0 aliphatic rings. The average molecular weight is 293 g/mol. The Balaban J connectivity index is 2.87. The Morgan fingerprint density at radius 2 is 2.00 bits per heavy atom. The van der Waals surface area contributed by atoms with E-state index in [0.717, 1.165) is 0 Å². The Morgan fingerprint density at radius 3 is 2.52 bits per heavy atom. The number of carboxylic acid groups (broad SMARTS) is 1. The molecular formula is C14H19N3O4. The molecule has 3 amide bonds.